The number of nitrogens with zero attached hydrogens (tertiary/aromatic N) is 1. The van der Waals surface area contributed by atoms with Gasteiger partial charge in [0.2, 0.25) is 0 Å². The maximum atomic E-state index is 11.1. The molecule has 0 bridgehead atoms. The van der Waals surface area contributed by atoms with Gasteiger partial charge in [-0.3, -0.25) is 4.79 Å². The van der Waals surface area contributed by atoms with E-state index in [-0.39, 0.29) is 19.2 Å². The van der Waals surface area contributed by atoms with Gasteiger partial charge in [0.15, 0.2) is 0 Å². The minimum atomic E-state index is -0.776. The van der Waals surface area contributed by atoms with Gasteiger partial charge < -0.3 is 19.8 Å². The first kappa shape index (κ1) is 13.4. The van der Waals surface area contributed by atoms with Crippen LogP contribution >= 0.6 is 0 Å². The second-order valence-corrected chi connectivity index (χ2v) is 3.38. The van der Waals surface area contributed by atoms with Gasteiger partial charge in [-0.25, -0.2) is 0 Å². The van der Waals surface area contributed by atoms with Crippen molar-refractivity contribution >= 4 is 5.97 Å². The Balaban J connectivity index is 3.54. The third-order valence-electron chi connectivity index (χ3n) is 1.69. The van der Waals surface area contributed by atoms with E-state index in [4.69, 9.17) is 14.9 Å². The van der Waals surface area contributed by atoms with Gasteiger partial charge in [0.05, 0.1) is 13.2 Å². The molecule has 0 atom stereocenters. The van der Waals surface area contributed by atoms with Crippen LogP contribution in [0.4, 0.5) is 0 Å². The Morgan fingerprint density at radius 1 is 1.36 bits per heavy atom. The van der Waals surface area contributed by atoms with Crippen molar-refractivity contribution in [3.8, 4) is 0 Å². The fraction of sp³-hybridized carbons (Fsp3) is 0.889. The highest BCUT2D eigenvalue weighted by Gasteiger charge is 2.11. The van der Waals surface area contributed by atoms with Crippen molar-refractivity contribution in [3.63, 3.8) is 0 Å². The first-order valence-corrected chi connectivity index (χ1v) is 4.66. The predicted octanol–water partition coefficient (Wildman–Crippen LogP) is -0.775. The van der Waals surface area contributed by atoms with Gasteiger partial charge in [-0.2, -0.15) is 0 Å². The second kappa shape index (κ2) is 7.73. The maximum absolute atomic E-state index is 11.1. The highest BCUT2D eigenvalue weighted by atomic mass is 16.6. The van der Waals surface area contributed by atoms with Crippen LogP contribution in [0.25, 0.3) is 0 Å². The Kier molecular flexibility index (Phi) is 7.37. The Morgan fingerprint density at radius 3 is 2.36 bits per heavy atom. The molecule has 14 heavy (non-hydrogen) atoms. The molecule has 0 fully saturated rings. The number of hydrogen-bond donors (Lipinski definition) is 2. The lowest BCUT2D eigenvalue weighted by atomic mass is 10.3. The fourth-order valence-electron chi connectivity index (χ4n) is 0.917. The van der Waals surface area contributed by atoms with Crippen molar-refractivity contribution in [2.75, 3.05) is 33.9 Å². The first-order chi connectivity index (χ1) is 6.60. The van der Waals surface area contributed by atoms with E-state index in [1.165, 1.54) is 0 Å². The smallest absolute Gasteiger partial charge is 0.306 e. The lowest BCUT2D eigenvalue weighted by molar-refractivity contribution is -0.153. The molecule has 2 N–H and O–H groups in total. The van der Waals surface area contributed by atoms with Crippen molar-refractivity contribution in [2.24, 2.45) is 0 Å². The summed E-state index contributed by atoms with van der Waals surface area (Å²) in [5.74, 6) is -0.375. The Bertz CT molecular complexity index is 157. The largest absolute Gasteiger partial charge is 0.457 e. The van der Waals surface area contributed by atoms with Crippen LogP contribution < -0.4 is 0 Å². The molecule has 0 saturated heterocycles. The van der Waals surface area contributed by atoms with Gasteiger partial charge in [0.25, 0.3) is 0 Å². The van der Waals surface area contributed by atoms with E-state index in [0.29, 0.717) is 6.42 Å². The zero-order valence-corrected chi connectivity index (χ0v) is 8.77. The van der Waals surface area contributed by atoms with Gasteiger partial charge in [-0.15, -0.1) is 0 Å². The second-order valence-electron chi connectivity index (χ2n) is 3.38. The van der Waals surface area contributed by atoms with Gasteiger partial charge >= 0.3 is 5.97 Å². The van der Waals surface area contributed by atoms with Crippen molar-refractivity contribution in [2.45, 2.75) is 18.9 Å². The summed E-state index contributed by atoms with van der Waals surface area (Å²) < 4.78 is 4.77. The van der Waals surface area contributed by atoms with Crippen LogP contribution in [0.15, 0.2) is 0 Å². The third-order valence-corrected chi connectivity index (χ3v) is 1.69. The Labute approximate surface area is 84.3 Å². The molecule has 5 heteroatoms. The molecule has 0 unspecified atom stereocenters. The summed E-state index contributed by atoms with van der Waals surface area (Å²) in [6.45, 7) is 0.143. The number of carbonyl (C=O) groups is 1. The molecule has 0 aromatic carbocycles. The summed E-state index contributed by atoms with van der Waals surface area (Å²) in [6, 6.07) is 0. The number of ether oxygens (including phenoxy) is 1. The average molecular weight is 205 g/mol. The third kappa shape index (κ3) is 6.82. The van der Waals surface area contributed by atoms with Gasteiger partial charge in [0, 0.05) is 6.42 Å². The summed E-state index contributed by atoms with van der Waals surface area (Å²) in [6.07, 6.45) is 0.256. The number of rotatable bonds is 7. The monoisotopic (exact) mass is 205 g/mol. The van der Waals surface area contributed by atoms with Crippen LogP contribution in [0, 0.1) is 0 Å². The summed E-state index contributed by atoms with van der Waals surface area (Å²) >= 11 is 0. The van der Waals surface area contributed by atoms with Crippen molar-refractivity contribution in [1.29, 1.82) is 0 Å². The van der Waals surface area contributed by atoms with E-state index in [1.54, 1.807) is 0 Å². The molecule has 0 heterocycles. The molecule has 0 spiro atoms. The molecule has 0 aliphatic rings. The van der Waals surface area contributed by atoms with Crippen molar-refractivity contribution in [1.82, 2.24) is 4.90 Å². The molecule has 0 rings (SSSR count). The molecule has 0 aliphatic heterocycles. The SMILES string of the molecule is CN(C)CCCC(=O)OC(CO)CO. The quantitative estimate of drug-likeness (QED) is 0.534. The van der Waals surface area contributed by atoms with Crippen LogP contribution in [0.5, 0.6) is 0 Å². The lowest BCUT2D eigenvalue weighted by Crippen LogP contribution is -2.26. The van der Waals surface area contributed by atoms with Crippen LogP contribution in [0.2, 0.25) is 0 Å². The minimum absolute atomic E-state index is 0.314. The summed E-state index contributed by atoms with van der Waals surface area (Å²) in [7, 11) is 3.85. The molecule has 0 radical (unpaired) electrons. The summed E-state index contributed by atoms with van der Waals surface area (Å²) in [5.41, 5.74) is 0. The highest BCUT2D eigenvalue weighted by molar-refractivity contribution is 5.69. The average Bonchev–Trinajstić information content (AvgIpc) is 2.13. The standard InChI is InChI=1S/C9H19NO4/c1-10(2)5-3-4-9(13)14-8(6-11)7-12/h8,11-12H,3-7H2,1-2H3. The van der Waals surface area contributed by atoms with Crippen LogP contribution in [-0.4, -0.2) is 61.0 Å². The predicted molar refractivity (Wildman–Crippen MR) is 51.8 cm³/mol. The molecule has 84 valence electrons. The van der Waals surface area contributed by atoms with Crippen LogP contribution in [-0.2, 0) is 9.53 Å². The molecule has 0 aliphatic carbocycles. The van der Waals surface area contributed by atoms with E-state index in [9.17, 15) is 4.79 Å². The minimum Gasteiger partial charge on any atom is -0.457 e. The van der Waals surface area contributed by atoms with Crippen LogP contribution in [0.1, 0.15) is 12.8 Å². The normalized spacial score (nSPS) is 11.0. The molecule has 0 aromatic heterocycles. The van der Waals surface area contributed by atoms with Gasteiger partial charge in [-0.05, 0) is 27.1 Å². The lowest BCUT2D eigenvalue weighted by Gasteiger charge is -2.13. The zero-order chi connectivity index (χ0) is 11.0. The topological polar surface area (TPSA) is 70.0 Å². The number of aliphatic hydroxyl groups excluding tert-OH is 2. The summed E-state index contributed by atoms with van der Waals surface area (Å²) in [5, 5.41) is 17.3. The van der Waals surface area contributed by atoms with Gasteiger partial charge in [0.1, 0.15) is 6.10 Å². The number of hydrogen-bond acceptors (Lipinski definition) is 5. The zero-order valence-electron chi connectivity index (χ0n) is 8.77. The Hall–Kier alpha value is -0.650. The van der Waals surface area contributed by atoms with E-state index in [0.717, 1.165) is 13.0 Å². The number of aliphatic hydroxyl groups is 2. The highest BCUT2D eigenvalue weighted by Crippen LogP contribution is 1.98. The molecule has 0 aromatic rings. The molecule has 0 amide bonds. The molecule has 5 nitrogen and oxygen atoms in total. The molecular weight excluding hydrogens is 186 g/mol. The first-order valence-electron chi connectivity index (χ1n) is 4.66. The fourth-order valence-corrected chi connectivity index (χ4v) is 0.917. The van der Waals surface area contributed by atoms with Crippen molar-refractivity contribution in [3.05, 3.63) is 0 Å². The molecular formula is C9H19NO4. The van der Waals surface area contributed by atoms with Gasteiger partial charge in [-0.1, -0.05) is 0 Å². The number of esters is 1. The molecule has 0 saturated carbocycles. The van der Waals surface area contributed by atoms with Crippen LogP contribution in [0.3, 0.4) is 0 Å². The van der Waals surface area contributed by atoms with E-state index in [2.05, 4.69) is 0 Å². The van der Waals surface area contributed by atoms with E-state index in [1.807, 2.05) is 19.0 Å². The van der Waals surface area contributed by atoms with E-state index < -0.39 is 6.10 Å². The maximum Gasteiger partial charge on any atom is 0.306 e. The van der Waals surface area contributed by atoms with Crippen molar-refractivity contribution < 1.29 is 19.7 Å². The Morgan fingerprint density at radius 2 is 1.93 bits per heavy atom. The number of carbonyl (C=O) groups excluding carboxylic acids is 1. The summed E-state index contributed by atoms with van der Waals surface area (Å²) in [4.78, 5) is 13.1. The van der Waals surface area contributed by atoms with E-state index >= 15 is 0 Å².